The Morgan fingerprint density at radius 1 is 0.897 bits per heavy atom. The van der Waals surface area contributed by atoms with Crippen molar-refractivity contribution in [2.24, 2.45) is 5.73 Å². The van der Waals surface area contributed by atoms with Gasteiger partial charge in [-0.1, -0.05) is 96.0 Å². The predicted octanol–water partition coefficient (Wildman–Crippen LogP) is 6.32. The number of carbonyl (C=O) groups is 2. The van der Waals surface area contributed by atoms with Gasteiger partial charge in [-0.3, -0.25) is 4.79 Å². The topological polar surface area (TPSA) is 87.5 Å². The van der Waals surface area contributed by atoms with E-state index in [9.17, 15) is 9.59 Å². The van der Waals surface area contributed by atoms with Gasteiger partial charge in [0.2, 0.25) is 5.91 Å². The summed E-state index contributed by atoms with van der Waals surface area (Å²) < 4.78 is 0. The largest absolute Gasteiger partial charge is 0.321 e. The van der Waals surface area contributed by atoms with Crippen LogP contribution in [-0.4, -0.2) is 22.9 Å². The summed E-state index contributed by atoms with van der Waals surface area (Å²) >= 11 is 12.3. The molecule has 0 bridgehead atoms. The molecule has 4 aromatic carbocycles. The van der Waals surface area contributed by atoms with Crippen LogP contribution < -0.4 is 16.4 Å². The second kappa shape index (κ2) is 11.9. The second-order valence-electron chi connectivity index (χ2n) is 9.58. The van der Waals surface area contributed by atoms with Crippen LogP contribution in [0.5, 0.6) is 0 Å². The molecule has 6 nitrogen and oxygen atoms in total. The van der Waals surface area contributed by atoms with E-state index in [1.807, 2.05) is 66.7 Å². The number of carbonyl (C=O) groups excluding carboxylic acids is 2. The Morgan fingerprint density at radius 3 is 2.44 bits per heavy atom. The summed E-state index contributed by atoms with van der Waals surface area (Å²) in [6.07, 6.45) is 0.341. The fourth-order valence-corrected chi connectivity index (χ4v) is 5.34. The first-order valence-corrected chi connectivity index (χ1v) is 13.4. The highest BCUT2D eigenvalue weighted by Gasteiger charge is 2.36. The van der Waals surface area contributed by atoms with Crippen LogP contribution in [0.3, 0.4) is 0 Å². The van der Waals surface area contributed by atoms with Crippen molar-refractivity contribution >= 4 is 40.8 Å². The summed E-state index contributed by atoms with van der Waals surface area (Å²) in [5, 5.41) is 6.87. The van der Waals surface area contributed by atoms with E-state index in [1.165, 1.54) is 5.56 Å². The third kappa shape index (κ3) is 6.42. The molecule has 0 saturated heterocycles. The van der Waals surface area contributed by atoms with E-state index in [-0.39, 0.29) is 12.3 Å². The van der Waals surface area contributed by atoms with Gasteiger partial charge in [-0.15, -0.1) is 0 Å². The summed E-state index contributed by atoms with van der Waals surface area (Å²) in [5.41, 5.74) is 11.8. The van der Waals surface area contributed by atoms with Gasteiger partial charge in [-0.05, 0) is 64.9 Å². The Kier molecular flexibility index (Phi) is 8.17. The molecule has 0 aliphatic carbocycles. The molecule has 0 saturated carbocycles. The first-order chi connectivity index (χ1) is 18.9. The number of halogens is 2. The normalized spacial score (nSPS) is 14.9. The average molecular weight is 559 g/mol. The van der Waals surface area contributed by atoms with Crippen molar-refractivity contribution in [2.45, 2.75) is 31.6 Å². The molecule has 5 rings (SSSR count). The summed E-state index contributed by atoms with van der Waals surface area (Å²) in [5.74, 6) is -0.285. The standard InChI is InChI=1S/C31H28Cl2N4O2/c32-24-14-13-22(27(33)18-24)17-28(34)30(38)37-19-23-10-4-5-12-26(23)29(37)36-31(39)35-25-11-6-9-21(16-25)15-20-7-2-1-3-8-20/h1-14,16,18,28-29H,15,17,19,34H2,(H2,35,36,39)/t28-,29?/m1/s1. The monoisotopic (exact) mass is 558 g/mol. The summed E-state index contributed by atoms with van der Waals surface area (Å²) in [4.78, 5) is 28.3. The highest BCUT2D eigenvalue weighted by molar-refractivity contribution is 6.35. The maximum Gasteiger partial charge on any atom is 0.321 e. The SMILES string of the molecule is N[C@H](Cc1ccc(Cl)cc1Cl)C(=O)N1Cc2ccccc2C1NC(=O)Nc1cccc(Cc2ccccc2)c1. The molecule has 1 aliphatic heterocycles. The molecule has 0 fully saturated rings. The third-order valence-electron chi connectivity index (χ3n) is 6.76. The molecule has 1 unspecified atom stereocenters. The van der Waals surface area contributed by atoms with Crippen LogP contribution in [0.15, 0.2) is 97.1 Å². The molecule has 2 atom stereocenters. The number of nitrogens with zero attached hydrogens (tertiary/aromatic N) is 1. The van der Waals surface area contributed by atoms with Crippen LogP contribution in [-0.2, 0) is 24.2 Å². The van der Waals surface area contributed by atoms with Gasteiger partial charge in [0.15, 0.2) is 0 Å². The van der Waals surface area contributed by atoms with Crippen molar-refractivity contribution in [3.8, 4) is 0 Å². The van der Waals surface area contributed by atoms with Gasteiger partial charge in [-0.2, -0.15) is 0 Å². The molecule has 0 aromatic heterocycles. The number of anilines is 1. The van der Waals surface area contributed by atoms with Crippen LogP contribution in [0.25, 0.3) is 0 Å². The third-order valence-corrected chi connectivity index (χ3v) is 7.35. The molecule has 0 radical (unpaired) electrons. The lowest BCUT2D eigenvalue weighted by atomic mass is 10.0. The van der Waals surface area contributed by atoms with E-state index in [0.717, 1.165) is 28.7 Å². The molecular weight excluding hydrogens is 531 g/mol. The van der Waals surface area contributed by atoms with E-state index in [2.05, 4.69) is 22.8 Å². The molecular formula is C31H28Cl2N4O2. The fraction of sp³-hybridized carbons (Fsp3) is 0.161. The Bertz CT molecular complexity index is 1500. The molecule has 8 heteroatoms. The van der Waals surface area contributed by atoms with Crippen molar-refractivity contribution in [3.05, 3.63) is 135 Å². The van der Waals surface area contributed by atoms with Crippen LogP contribution in [0, 0.1) is 0 Å². The van der Waals surface area contributed by atoms with Crippen molar-refractivity contribution in [1.29, 1.82) is 0 Å². The van der Waals surface area contributed by atoms with Gasteiger partial charge in [0, 0.05) is 22.3 Å². The summed E-state index contributed by atoms with van der Waals surface area (Å²) in [7, 11) is 0. The van der Waals surface area contributed by atoms with Gasteiger partial charge in [-0.25, -0.2) is 4.79 Å². The molecule has 4 aromatic rings. The van der Waals surface area contributed by atoms with Crippen molar-refractivity contribution in [2.75, 3.05) is 5.32 Å². The summed E-state index contributed by atoms with van der Waals surface area (Å²) in [6.45, 7) is 0.342. The Balaban J connectivity index is 1.29. The minimum Gasteiger partial charge on any atom is -0.320 e. The lowest BCUT2D eigenvalue weighted by molar-refractivity contribution is -0.135. The Hall–Kier alpha value is -3.84. The first-order valence-electron chi connectivity index (χ1n) is 12.7. The molecule has 1 aliphatic rings. The Labute approximate surface area is 237 Å². The predicted molar refractivity (Wildman–Crippen MR) is 156 cm³/mol. The second-order valence-corrected chi connectivity index (χ2v) is 10.4. The number of hydrogen-bond donors (Lipinski definition) is 3. The number of rotatable bonds is 7. The summed E-state index contributed by atoms with van der Waals surface area (Å²) in [6, 6.07) is 29.4. The van der Waals surface area contributed by atoms with Gasteiger partial charge in [0.1, 0.15) is 6.17 Å². The lowest BCUT2D eigenvalue weighted by Crippen LogP contribution is -2.48. The van der Waals surface area contributed by atoms with Gasteiger partial charge in [0.25, 0.3) is 0 Å². The molecule has 0 spiro atoms. The van der Waals surface area contributed by atoms with Crippen LogP contribution in [0.1, 0.15) is 34.0 Å². The number of fused-ring (bicyclic) bond motifs is 1. The minimum atomic E-state index is -0.847. The molecule has 4 N–H and O–H groups in total. The molecule has 3 amide bonds. The van der Waals surface area contributed by atoms with E-state index in [4.69, 9.17) is 28.9 Å². The zero-order chi connectivity index (χ0) is 27.4. The number of hydrogen-bond acceptors (Lipinski definition) is 3. The molecule has 198 valence electrons. The first kappa shape index (κ1) is 26.8. The highest BCUT2D eigenvalue weighted by atomic mass is 35.5. The number of amides is 3. The van der Waals surface area contributed by atoms with Crippen molar-refractivity contribution in [1.82, 2.24) is 10.2 Å². The number of benzene rings is 4. The average Bonchev–Trinajstić information content (AvgIpc) is 3.28. The van der Waals surface area contributed by atoms with E-state index < -0.39 is 18.2 Å². The van der Waals surface area contributed by atoms with E-state index in [0.29, 0.717) is 22.3 Å². The minimum absolute atomic E-state index is 0.245. The van der Waals surface area contributed by atoms with Crippen molar-refractivity contribution in [3.63, 3.8) is 0 Å². The fourth-order valence-electron chi connectivity index (χ4n) is 4.85. The maximum atomic E-state index is 13.5. The zero-order valence-electron chi connectivity index (χ0n) is 21.1. The van der Waals surface area contributed by atoms with E-state index >= 15 is 0 Å². The molecule has 1 heterocycles. The van der Waals surface area contributed by atoms with Gasteiger partial charge in [0.05, 0.1) is 6.04 Å². The van der Waals surface area contributed by atoms with Crippen LogP contribution in [0.4, 0.5) is 10.5 Å². The van der Waals surface area contributed by atoms with Crippen LogP contribution >= 0.6 is 23.2 Å². The van der Waals surface area contributed by atoms with E-state index in [1.54, 1.807) is 23.1 Å². The number of urea groups is 1. The highest BCUT2D eigenvalue weighted by Crippen LogP contribution is 2.33. The smallest absolute Gasteiger partial charge is 0.320 e. The molecule has 39 heavy (non-hydrogen) atoms. The van der Waals surface area contributed by atoms with Gasteiger partial charge >= 0.3 is 6.03 Å². The van der Waals surface area contributed by atoms with Gasteiger partial charge < -0.3 is 21.3 Å². The maximum absolute atomic E-state index is 13.5. The Morgan fingerprint density at radius 2 is 1.64 bits per heavy atom. The number of nitrogens with two attached hydrogens (primary N) is 1. The van der Waals surface area contributed by atoms with Crippen molar-refractivity contribution < 1.29 is 9.59 Å². The lowest BCUT2D eigenvalue weighted by Gasteiger charge is -2.28. The van der Waals surface area contributed by atoms with Crippen LogP contribution in [0.2, 0.25) is 10.0 Å². The quantitative estimate of drug-likeness (QED) is 0.248. The zero-order valence-corrected chi connectivity index (χ0v) is 22.6. The number of nitrogens with one attached hydrogen (secondary N) is 2.